The molecule has 0 aromatic heterocycles. The lowest BCUT2D eigenvalue weighted by molar-refractivity contribution is 0.442. The maximum Gasteiger partial charge on any atom is 0.122 e. The van der Waals surface area contributed by atoms with Crippen LogP contribution in [-0.4, -0.2) is 10.2 Å². The maximum atomic E-state index is 10.3. The number of aromatic hydroxyl groups is 2. The van der Waals surface area contributed by atoms with Crippen molar-refractivity contribution in [3.8, 4) is 11.5 Å². The van der Waals surface area contributed by atoms with Crippen molar-refractivity contribution in [2.75, 3.05) is 0 Å². The van der Waals surface area contributed by atoms with E-state index in [1.807, 2.05) is 39.0 Å². The lowest BCUT2D eigenvalue weighted by Crippen LogP contribution is -2.12. The number of aryl methyl sites for hydroxylation is 3. The Balaban J connectivity index is 2.45. The average molecular weight is 298 g/mol. The molecular formula is C20H26O2. The molecule has 22 heavy (non-hydrogen) atoms. The summed E-state index contributed by atoms with van der Waals surface area (Å²) < 4.78 is 0. The second-order valence-electron chi connectivity index (χ2n) is 7.31. The van der Waals surface area contributed by atoms with E-state index in [4.69, 9.17) is 0 Å². The standard InChI is InChI=1S/C20H26O2/c1-12-7-15(8-13(2)18(12)21)10-16-9-14(3)19(22)17(11-16)20(4,5)6/h7-9,11,21-22H,10H2,1-6H3. The zero-order valence-electron chi connectivity index (χ0n) is 14.4. The van der Waals surface area contributed by atoms with Crippen LogP contribution in [0, 0.1) is 20.8 Å². The SMILES string of the molecule is Cc1cc(Cc2cc(C)c(O)c(C(C)(C)C)c2)cc(C)c1O. The van der Waals surface area contributed by atoms with E-state index in [1.54, 1.807) is 0 Å². The summed E-state index contributed by atoms with van der Waals surface area (Å²) >= 11 is 0. The van der Waals surface area contributed by atoms with Gasteiger partial charge in [0.05, 0.1) is 0 Å². The smallest absolute Gasteiger partial charge is 0.122 e. The van der Waals surface area contributed by atoms with E-state index in [1.165, 1.54) is 11.1 Å². The molecule has 2 rings (SSSR count). The minimum absolute atomic E-state index is 0.0916. The molecule has 118 valence electrons. The van der Waals surface area contributed by atoms with E-state index in [0.29, 0.717) is 11.5 Å². The van der Waals surface area contributed by atoms with Gasteiger partial charge in [-0.15, -0.1) is 0 Å². The first-order valence-corrected chi connectivity index (χ1v) is 7.71. The van der Waals surface area contributed by atoms with E-state index in [2.05, 4.69) is 26.8 Å². The third-order valence-electron chi connectivity index (χ3n) is 4.13. The van der Waals surface area contributed by atoms with Gasteiger partial charge in [0.15, 0.2) is 0 Å². The Morgan fingerprint density at radius 2 is 1.14 bits per heavy atom. The lowest BCUT2D eigenvalue weighted by atomic mass is 9.83. The van der Waals surface area contributed by atoms with Crippen LogP contribution in [-0.2, 0) is 11.8 Å². The minimum Gasteiger partial charge on any atom is -0.507 e. The molecular weight excluding hydrogens is 272 g/mol. The van der Waals surface area contributed by atoms with E-state index >= 15 is 0 Å². The first kappa shape index (κ1) is 16.4. The summed E-state index contributed by atoms with van der Waals surface area (Å²) in [4.78, 5) is 0. The Morgan fingerprint density at radius 1 is 0.727 bits per heavy atom. The summed E-state index contributed by atoms with van der Waals surface area (Å²) in [6, 6.07) is 8.20. The highest BCUT2D eigenvalue weighted by Crippen LogP contribution is 2.35. The van der Waals surface area contributed by atoms with Gasteiger partial charge in [-0.3, -0.25) is 0 Å². The highest BCUT2D eigenvalue weighted by Gasteiger charge is 2.20. The van der Waals surface area contributed by atoms with Crippen LogP contribution in [0.5, 0.6) is 11.5 Å². The van der Waals surface area contributed by atoms with Crippen LogP contribution < -0.4 is 0 Å². The summed E-state index contributed by atoms with van der Waals surface area (Å²) in [6.45, 7) is 12.1. The van der Waals surface area contributed by atoms with Crippen LogP contribution in [0.4, 0.5) is 0 Å². The van der Waals surface area contributed by atoms with E-state index in [0.717, 1.165) is 28.7 Å². The molecule has 0 aliphatic rings. The van der Waals surface area contributed by atoms with Crippen molar-refractivity contribution in [1.82, 2.24) is 0 Å². The normalized spacial score (nSPS) is 11.7. The first-order chi connectivity index (χ1) is 10.1. The molecule has 2 aromatic rings. The topological polar surface area (TPSA) is 40.5 Å². The lowest BCUT2D eigenvalue weighted by Gasteiger charge is -2.23. The zero-order chi connectivity index (χ0) is 16.7. The number of phenols is 2. The molecule has 0 atom stereocenters. The van der Waals surface area contributed by atoms with Crippen molar-refractivity contribution >= 4 is 0 Å². The number of benzene rings is 2. The summed E-state index contributed by atoms with van der Waals surface area (Å²) in [7, 11) is 0. The largest absolute Gasteiger partial charge is 0.507 e. The first-order valence-electron chi connectivity index (χ1n) is 7.71. The van der Waals surface area contributed by atoms with Gasteiger partial charge in [0.1, 0.15) is 11.5 Å². The molecule has 0 bridgehead atoms. The Bertz CT molecular complexity index is 683. The Morgan fingerprint density at radius 3 is 1.59 bits per heavy atom. The maximum absolute atomic E-state index is 10.3. The molecule has 0 radical (unpaired) electrons. The second-order valence-corrected chi connectivity index (χ2v) is 7.31. The number of rotatable bonds is 2. The molecule has 0 saturated carbocycles. The van der Waals surface area contributed by atoms with Crippen LogP contribution in [0.3, 0.4) is 0 Å². The molecule has 2 nitrogen and oxygen atoms in total. The van der Waals surface area contributed by atoms with Crippen LogP contribution in [0.1, 0.15) is 54.2 Å². The van der Waals surface area contributed by atoms with Gasteiger partial charge in [0, 0.05) is 0 Å². The molecule has 0 spiro atoms. The monoisotopic (exact) mass is 298 g/mol. The Kier molecular flexibility index (Phi) is 4.23. The average Bonchev–Trinajstić information content (AvgIpc) is 2.38. The molecule has 2 heteroatoms. The highest BCUT2D eigenvalue weighted by atomic mass is 16.3. The van der Waals surface area contributed by atoms with Crippen LogP contribution in [0.25, 0.3) is 0 Å². The van der Waals surface area contributed by atoms with Gasteiger partial charge < -0.3 is 10.2 Å². The van der Waals surface area contributed by atoms with Crippen molar-refractivity contribution in [2.24, 2.45) is 0 Å². The van der Waals surface area contributed by atoms with Gasteiger partial charge in [0.25, 0.3) is 0 Å². The highest BCUT2D eigenvalue weighted by molar-refractivity contribution is 5.49. The van der Waals surface area contributed by atoms with Crippen molar-refractivity contribution in [3.05, 3.63) is 57.6 Å². The number of phenolic OH excluding ortho intramolecular Hbond substituents is 2. The third-order valence-corrected chi connectivity index (χ3v) is 4.13. The Hall–Kier alpha value is -1.96. The van der Waals surface area contributed by atoms with Crippen LogP contribution in [0.2, 0.25) is 0 Å². The van der Waals surface area contributed by atoms with Gasteiger partial charge in [-0.25, -0.2) is 0 Å². The van der Waals surface area contributed by atoms with E-state index in [9.17, 15) is 10.2 Å². The second kappa shape index (κ2) is 5.68. The van der Waals surface area contributed by atoms with E-state index < -0.39 is 0 Å². The molecule has 0 aliphatic carbocycles. The fraction of sp³-hybridized carbons (Fsp3) is 0.400. The van der Waals surface area contributed by atoms with Crippen molar-refractivity contribution < 1.29 is 10.2 Å². The number of hydrogen-bond donors (Lipinski definition) is 2. The van der Waals surface area contributed by atoms with Gasteiger partial charge in [-0.2, -0.15) is 0 Å². The molecule has 0 heterocycles. The predicted molar refractivity (Wildman–Crippen MR) is 91.9 cm³/mol. The molecule has 2 N–H and O–H groups in total. The van der Waals surface area contributed by atoms with Crippen LogP contribution >= 0.6 is 0 Å². The zero-order valence-corrected chi connectivity index (χ0v) is 14.4. The molecule has 0 saturated heterocycles. The Labute approximate surface area is 133 Å². The summed E-state index contributed by atoms with van der Waals surface area (Å²) in [5, 5.41) is 20.2. The molecule has 0 aliphatic heterocycles. The van der Waals surface area contributed by atoms with Crippen molar-refractivity contribution in [3.63, 3.8) is 0 Å². The van der Waals surface area contributed by atoms with Crippen molar-refractivity contribution in [1.29, 1.82) is 0 Å². The summed E-state index contributed by atoms with van der Waals surface area (Å²) in [5.41, 5.74) is 5.97. The molecule has 2 aromatic carbocycles. The van der Waals surface area contributed by atoms with E-state index in [-0.39, 0.29) is 5.41 Å². The number of hydrogen-bond acceptors (Lipinski definition) is 2. The molecule has 0 fully saturated rings. The van der Waals surface area contributed by atoms with Crippen LogP contribution in [0.15, 0.2) is 24.3 Å². The quantitative estimate of drug-likeness (QED) is 0.827. The third kappa shape index (κ3) is 3.27. The summed E-state index contributed by atoms with van der Waals surface area (Å²) in [5.74, 6) is 0.773. The van der Waals surface area contributed by atoms with Gasteiger partial charge in [-0.05, 0) is 66.0 Å². The minimum atomic E-state index is -0.0916. The van der Waals surface area contributed by atoms with Gasteiger partial charge in [-0.1, -0.05) is 45.0 Å². The van der Waals surface area contributed by atoms with Gasteiger partial charge in [0.2, 0.25) is 0 Å². The van der Waals surface area contributed by atoms with Gasteiger partial charge >= 0.3 is 0 Å². The fourth-order valence-corrected chi connectivity index (χ4v) is 2.91. The predicted octanol–water partition coefficient (Wildman–Crippen LogP) is 4.91. The van der Waals surface area contributed by atoms with Crippen molar-refractivity contribution in [2.45, 2.75) is 53.4 Å². The molecule has 0 amide bonds. The fourth-order valence-electron chi connectivity index (χ4n) is 2.91. The summed E-state index contributed by atoms with van der Waals surface area (Å²) in [6.07, 6.45) is 0.798. The molecule has 0 unspecified atom stereocenters.